The molecule has 0 atom stereocenters. The van der Waals surface area contributed by atoms with Gasteiger partial charge in [-0.1, -0.05) is 11.8 Å². The number of hydrogen-bond donors (Lipinski definition) is 1. The van der Waals surface area contributed by atoms with Gasteiger partial charge in [0.2, 0.25) is 0 Å². The van der Waals surface area contributed by atoms with Gasteiger partial charge in [-0.2, -0.15) is 0 Å². The van der Waals surface area contributed by atoms with Gasteiger partial charge in [-0.05, 0) is 23.8 Å². The van der Waals surface area contributed by atoms with Crippen LogP contribution in [-0.4, -0.2) is 39.5 Å². The second kappa shape index (κ2) is 7.17. The molecule has 0 unspecified atom stereocenters. The summed E-state index contributed by atoms with van der Waals surface area (Å²) in [4.78, 5) is 22.0. The van der Waals surface area contributed by atoms with Crippen LogP contribution in [0.25, 0.3) is 0 Å². The highest BCUT2D eigenvalue weighted by atomic mass is 16.2. The molecule has 2 aromatic heterocycles. The number of rotatable bonds is 3. The van der Waals surface area contributed by atoms with Crippen LogP contribution in [0, 0.1) is 11.8 Å². The van der Waals surface area contributed by atoms with Crippen LogP contribution in [0.2, 0.25) is 0 Å². The minimum atomic E-state index is -0.255. The summed E-state index contributed by atoms with van der Waals surface area (Å²) < 4.78 is 0. The molecule has 2 rings (SSSR count). The molecule has 0 aliphatic rings. The fourth-order valence-electron chi connectivity index (χ4n) is 1.85. The summed E-state index contributed by atoms with van der Waals surface area (Å²) in [6, 6.07) is 5.36. The van der Waals surface area contributed by atoms with Gasteiger partial charge in [0.25, 0.3) is 5.91 Å². The van der Waals surface area contributed by atoms with E-state index in [2.05, 4.69) is 21.8 Å². The Bertz CT molecular complexity index is 675. The Morgan fingerprint density at radius 1 is 1.24 bits per heavy atom. The molecular weight excluding hydrogens is 266 g/mol. The number of pyridine rings is 2. The molecule has 0 aromatic carbocycles. The fraction of sp³-hybridized carbons (Fsp3) is 0.188. The first-order valence-electron chi connectivity index (χ1n) is 6.40. The molecule has 106 valence electrons. The van der Waals surface area contributed by atoms with Crippen LogP contribution in [0.5, 0.6) is 0 Å². The van der Waals surface area contributed by atoms with Crippen LogP contribution in [0.4, 0.5) is 0 Å². The molecule has 2 heterocycles. The number of aromatic nitrogens is 2. The van der Waals surface area contributed by atoms with E-state index in [9.17, 15) is 4.79 Å². The predicted octanol–water partition coefficient (Wildman–Crippen LogP) is 1.09. The third kappa shape index (κ3) is 3.88. The molecule has 0 fully saturated rings. The van der Waals surface area contributed by atoms with Crippen molar-refractivity contribution in [1.82, 2.24) is 14.9 Å². The average molecular weight is 281 g/mol. The molecule has 1 N–H and O–H groups in total. The zero-order valence-corrected chi connectivity index (χ0v) is 11.7. The molecule has 0 radical (unpaired) electrons. The Morgan fingerprint density at radius 2 is 1.95 bits per heavy atom. The van der Waals surface area contributed by atoms with Gasteiger partial charge in [-0.25, -0.2) is 0 Å². The summed E-state index contributed by atoms with van der Waals surface area (Å²) in [7, 11) is 1.73. The molecule has 0 aliphatic carbocycles. The molecule has 0 bridgehead atoms. The number of amides is 1. The number of aliphatic hydroxyl groups is 1. The summed E-state index contributed by atoms with van der Waals surface area (Å²) >= 11 is 0. The Kier molecular flexibility index (Phi) is 5.02. The second-order valence-electron chi connectivity index (χ2n) is 4.40. The highest BCUT2D eigenvalue weighted by Gasteiger charge is 2.15. The minimum absolute atomic E-state index is 0.142. The summed E-state index contributed by atoms with van der Waals surface area (Å²) in [6.45, 7) is 0.228. The average Bonchev–Trinajstić information content (AvgIpc) is 2.53. The lowest BCUT2D eigenvalue weighted by atomic mass is 10.1. The Labute approximate surface area is 123 Å². The summed E-state index contributed by atoms with van der Waals surface area (Å²) in [5.74, 6) is 5.14. The zero-order valence-electron chi connectivity index (χ0n) is 11.7. The van der Waals surface area contributed by atoms with E-state index in [0.717, 1.165) is 5.56 Å². The van der Waals surface area contributed by atoms with Crippen LogP contribution >= 0.6 is 0 Å². The van der Waals surface area contributed by atoms with Gasteiger partial charge in [-0.3, -0.25) is 14.8 Å². The van der Waals surface area contributed by atoms with E-state index < -0.39 is 0 Å². The van der Waals surface area contributed by atoms with Crippen molar-refractivity contribution in [2.24, 2.45) is 0 Å². The lowest BCUT2D eigenvalue weighted by molar-refractivity contribution is 0.0784. The first-order chi connectivity index (χ1) is 10.2. The smallest absolute Gasteiger partial charge is 0.255 e. The monoisotopic (exact) mass is 281 g/mol. The highest BCUT2D eigenvalue weighted by Crippen LogP contribution is 2.11. The standard InChI is InChI=1S/C16H15N3O2/c1-19(12-13-4-7-17-8-5-13)16(21)15-6-9-18-11-14(15)3-2-10-20/h4-9,11,20H,10,12H2,1H3. The Balaban J connectivity index is 2.20. The molecular formula is C16H15N3O2. The number of hydrogen-bond acceptors (Lipinski definition) is 4. The second-order valence-corrected chi connectivity index (χ2v) is 4.40. The van der Waals surface area contributed by atoms with Gasteiger partial charge in [0, 0.05) is 38.4 Å². The number of aliphatic hydroxyl groups excluding tert-OH is 1. The van der Waals surface area contributed by atoms with E-state index in [0.29, 0.717) is 17.7 Å². The van der Waals surface area contributed by atoms with Crippen LogP contribution < -0.4 is 0 Å². The topological polar surface area (TPSA) is 66.3 Å². The maximum Gasteiger partial charge on any atom is 0.255 e. The van der Waals surface area contributed by atoms with Gasteiger partial charge in [0.05, 0.1) is 11.1 Å². The van der Waals surface area contributed by atoms with Gasteiger partial charge >= 0.3 is 0 Å². The first kappa shape index (κ1) is 14.7. The summed E-state index contributed by atoms with van der Waals surface area (Å²) in [5, 5.41) is 8.77. The maximum atomic E-state index is 12.5. The third-order valence-corrected chi connectivity index (χ3v) is 2.87. The Morgan fingerprint density at radius 3 is 2.67 bits per heavy atom. The van der Waals surface area contributed by atoms with Crippen LogP contribution in [0.15, 0.2) is 43.0 Å². The van der Waals surface area contributed by atoms with Crippen molar-refractivity contribution in [1.29, 1.82) is 0 Å². The normalized spacial score (nSPS) is 9.62. The largest absolute Gasteiger partial charge is 0.384 e. The van der Waals surface area contributed by atoms with Crippen molar-refractivity contribution in [3.05, 3.63) is 59.7 Å². The summed E-state index contributed by atoms with van der Waals surface area (Å²) in [5.41, 5.74) is 1.98. The third-order valence-electron chi connectivity index (χ3n) is 2.87. The highest BCUT2D eigenvalue weighted by molar-refractivity contribution is 5.96. The van der Waals surface area contributed by atoms with E-state index in [4.69, 9.17) is 5.11 Å². The van der Waals surface area contributed by atoms with Gasteiger partial charge in [0.1, 0.15) is 6.61 Å². The van der Waals surface area contributed by atoms with Gasteiger partial charge < -0.3 is 10.0 Å². The molecule has 0 saturated carbocycles. The number of carbonyl (C=O) groups excluding carboxylic acids is 1. The molecule has 5 heteroatoms. The van der Waals surface area contributed by atoms with Crippen molar-refractivity contribution in [2.45, 2.75) is 6.54 Å². The Hall–Kier alpha value is -2.71. The molecule has 0 saturated heterocycles. The van der Waals surface area contributed by atoms with E-state index in [-0.39, 0.29) is 12.5 Å². The zero-order chi connectivity index (χ0) is 15.1. The summed E-state index contributed by atoms with van der Waals surface area (Å²) in [6.07, 6.45) is 6.46. The van der Waals surface area contributed by atoms with Crippen molar-refractivity contribution >= 4 is 5.91 Å². The predicted molar refractivity (Wildman–Crippen MR) is 78.2 cm³/mol. The SMILES string of the molecule is CN(Cc1ccncc1)C(=O)c1ccncc1C#CCO. The van der Waals surface area contributed by atoms with Crippen LogP contribution in [0.3, 0.4) is 0 Å². The van der Waals surface area contributed by atoms with Crippen molar-refractivity contribution in [3.8, 4) is 11.8 Å². The van der Waals surface area contributed by atoms with Crippen molar-refractivity contribution < 1.29 is 9.90 Å². The molecule has 5 nitrogen and oxygen atoms in total. The van der Waals surface area contributed by atoms with Crippen molar-refractivity contribution in [2.75, 3.05) is 13.7 Å². The van der Waals surface area contributed by atoms with Crippen LogP contribution in [0.1, 0.15) is 21.5 Å². The first-order valence-corrected chi connectivity index (χ1v) is 6.40. The lowest BCUT2D eigenvalue weighted by Gasteiger charge is -2.17. The van der Waals surface area contributed by atoms with E-state index in [1.165, 1.54) is 6.20 Å². The van der Waals surface area contributed by atoms with E-state index in [1.54, 1.807) is 36.6 Å². The molecule has 2 aromatic rings. The maximum absolute atomic E-state index is 12.5. The van der Waals surface area contributed by atoms with E-state index in [1.807, 2.05) is 12.1 Å². The van der Waals surface area contributed by atoms with Gasteiger partial charge in [-0.15, -0.1) is 0 Å². The van der Waals surface area contributed by atoms with Gasteiger partial charge in [0.15, 0.2) is 0 Å². The molecule has 0 aliphatic heterocycles. The van der Waals surface area contributed by atoms with E-state index >= 15 is 0 Å². The molecule has 0 spiro atoms. The fourth-order valence-corrected chi connectivity index (χ4v) is 1.85. The van der Waals surface area contributed by atoms with Crippen molar-refractivity contribution in [3.63, 3.8) is 0 Å². The molecule has 21 heavy (non-hydrogen) atoms. The number of carbonyl (C=O) groups is 1. The molecule has 1 amide bonds. The number of nitrogens with zero attached hydrogens (tertiary/aromatic N) is 3. The van der Waals surface area contributed by atoms with Crippen LogP contribution in [-0.2, 0) is 6.54 Å². The lowest BCUT2D eigenvalue weighted by Crippen LogP contribution is -2.27. The minimum Gasteiger partial charge on any atom is -0.384 e. The quantitative estimate of drug-likeness (QED) is 0.855.